The van der Waals surface area contributed by atoms with Crippen LogP contribution in [0.3, 0.4) is 0 Å². The van der Waals surface area contributed by atoms with Gasteiger partial charge in [-0.1, -0.05) is 0 Å². The molecule has 6 nitrogen and oxygen atoms in total. The molecule has 14 heavy (non-hydrogen) atoms. The summed E-state index contributed by atoms with van der Waals surface area (Å²) < 4.78 is 9.30. The molecule has 0 radical (unpaired) electrons. The van der Waals surface area contributed by atoms with E-state index >= 15 is 0 Å². The van der Waals surface area contributed by atoms with Gasteiger partial charge in [-0.2, -0.15) is 5.10 Å². The number of nitrogens with one attached hydrogen (secondary N) is 1. The number of hydrogen-bond acceptors (Lipinski definition) is 5. The highest BCUT2D eigenvalue weighted by Crippen LogP contribution is 2.14. The molecule has 2 heterocycles. The van der Waals surface area contributed by atoms with Gasteiger partial charge in [0.25, 0.3) is 0 Å². The summed E-state index contributed by atoms with van der Waals surface area (Å²) in [7, 11) is 1.30. The van der Waals surface area contributed by atoms with E-state index in [2.05, 4.69) is 19.9 Å². The van der Waals surface area contributed by atoms with Gasteiger partial charge in [0.15, 0.2) is 6.39 Å². The Bertz CT molecular complexity index is 432. The Kier molecular flexibility index (Phi) is 2.02. The quantitative estimate of drug-likeness (QED) is 0.715. The van der Waals surface area contributed by atoms with Crippen LogP contribution in [-0.4, -0.2) is 28.3 Å². The molecule has 0 unspecified atom stereocenters. The molecule has 0 aliphatic carbocycles. The number of H-pyrrole nitrogens is 1. The van der Waals surface area contributed by atoms with Crippen LogP contribution < -0.4 is 0 Å². The third-order valence-corrected chi connectivity index (χ3v) is 1.68. The summed E-state index contributed by atoms with van der Waals surface area (Å²) in [6, 6.07) is 1.55. The third kappa shape index (κ3) is 1.37. The van der Waals surface area contributed by atoms with Gasteiger partial charge < -0.3 is 9.15 Å². The second-order valence-electron chi connectivity index (χ2n) is 2.53. The highest BCUT2D eigenvalue weighted by atomic mass is 16.5. The summed E-state index contributed by atoms with van der Waals surface area (Å²) >= 11 is 0. The Labute approximate surface area is 78.9 Å². The number of carbonyl (C=O) groups is 1. The van der Waals surface area contributed by atoms with Crippen molar-refractivity contribution in [1.82, 2.24) is 15.2 Å². The average Bonchev–Trinajstić information content (AvgIpc) is 2.86. The molecular weight excluding hydrogens is 186 g/mol. The maximum Gasteiger partial charge on any atom is 0.356 e. The van der Waals surface area contributed by atoms with Crippen LogP contribution in [-0.2, 0) is 4.74 Å². The lowest BCUT2D eigenvalue weighted by Crippen LogP contribution is -2.00. The van der Waals surface area contributed by atoms with E-state index in [9.17, 15) is 4.79 Å². The van der Waals surface area contributed by atoms with Gasteiger partial charge in [-0.3, -0.25) is 5.10 Å². The summed E-state index contributed by atoms with van der Waals surface area (Å²) in [5, 5.41) is 6.42. The Hall–Kier alpha value is -2.11. The van der Waals surface area contributed by atoms with Crippen molar-refractivity contribution in [3.05, 3.63) is 24.4 Å². The largest absolute Gasteiger partial charge is 0.464 e. The van der Waals surface area contributed by atoms with Gasteiger partial charge in [-0.25, -0.2) is 9.78 Å². The van der Waals surface area contributed by atoms with Gasteiger partial charge in [0, 0.05) is 6.07 Å². The number of ether oxygens (including phenoxy) is 1. The number of aromatic nitrogens is 3. The zero-order valence-corrected chi connectivity index (χ0v) is 7.35. The Morgan fingerprint density at radius 2 is 2.43 bits per heavy atom. The molecule has 2 aromatic heterocycles. The number of esters is 1. The fourth-order valence-corrected chi connectivity index (χ4v) is 1.01. The minimum absolute atomic E-state index is 0.283. The molecule has 0 atom stereocenters. The maximum absolute atomic E-state index is 11.1. The average molecular weight is 193 g/mol. The van der Waals surface area contributed by atoms with E-state index in [1.165, 1.54) is 19.8 Å². The molecule has 0 saturated carbocycles. The Balaban J connectivity index is 2.31. The molecule has 0 fully saturated rings. The smallest absolute Gasteiger partial charge is 0.356 e. The predicted molar refractivity (Wildman–Crippen MR) is 45.4 cm³/mol. The summed E-state index contributed by atoms with van der Waals surface area (Å²) in [4.78, 5) is 14.9. The number of oxazole rings is 1. The predicted octanol–water partition coefficient (Wildman–Crippen LogP) is 0.851. The zero-order chi connectivity index (χ0) is 9.97. The van der Waals surface area contributed by atoms with Crippen molar-refractivity contribution in [3.8, 4) is 11.4 Å². The summed E-state index contributed by atoms with van der Waals surface area (Å²) in [5.74, 6) is -0.466. The first-order valence-corrected chi connectivity index (χ1v) is 3.83. The van der Waals surface area contributed by atoms with Gasteiger partial charge in [0.1, 0.15) is 23.3 Å². The second kappa shape index (κ2) is 3.33. The molecule has 0 bridgehead atoms. The zero-order valence-electron chi connectivity index (χ0n) is 7.35. The monoisotopic (exact) mass is 193 g/mol. The minimum atomic E-state index is -0.466. The van der Waals surface area contributed by atoms with E-state index in [0.717, 1.165) is 0 Å². The van der Waals surface area contributed by atoms with Crippen molar-refractivity contribution < 1.29 is 13.9 Å². The number of rotatable bonds is 2. The van der Waals surface area contributed by atoms with Gasteiger partial charge >= 0.3 is 5.97 Å². The van der Waals surface area contributed by atoms with E-state index in [-0.39, 0.29) is 5.69 Å². The summed E-state index contributed by atoms with van der Waals surface area (Å²) in [5.41, 5.74) is 1.39. The molecule has 0 aromatic carbocycles. The summed E-state index contributed by atoms with van der Waals surface area (Å²) in [6.45, 7) is 0. The number of methoxy groups -OCH3 is 1. The maximum atomic E-state index is 11.1. The fourth-order valence-electron chi connectivity index (χ4n) is 1.01. The Morgan fingerprint density at radius 3 is 3.07 bits per heavy atom. The van der Waals surface area contributed by atoms with Crippen LogP contribution in [0.2, 0.25) is 0 Å². The minimum Gasteiger partial charge on any atom is -0.464 e. The molecule has 0 aliphatic heterocycles. The number of carbonyl (C=O) groups excluding carboxylic acids is 1. The van der Waals surface area contributed by atoms with E-state index in [4.69, 9.17) is 4.42 Å². The van der Waals surface area contributed by atoms with Crippen LogP contribution in [0.5, 0.6) is 0 Å². The van der Waals surface area contributed by atoms with E-state index in [1.54, 1.807) is 6.07 Å². The molecule has 0 aliphatic rings. The van der Waals surface area contributed by atoms with Crippen LogP contribution in [0.25, 0.3) is 11.4 Å². The fraction of sp³-hybridized carbons (Fsp3) is 0.125. The molecule has 6 heteroatoms. The number of nitrogens with zero attached hydrogens (tertiary/aromatic N) is 2. The van der Waals surface area contributed by atoms with Gasteiger partial charge in [-0.15, -0.1) is 0 Å². The van der Waals surface area contributed by atoms with Crippen LogP contribution in [0, 0.1) is 0 Å². The lowest BCUT2D eigenvalue weighted by molar-refractivity contribution is 0.0594. The summed E-state index contributed by atoms with van der Waals surface area (Å²) in [6.07, 6.45) is 2.74. The molecule has 0 spiro atoms. The molecule has 0 saturated heterocycles. The van der Waals surface area contributed by atoms with Crippen LogP contribution in [0.1, 0.15) is 10.5 Å². The van der Waals surface area contributed by atoms with Crippen molar-refractivity contribution >= 4 is 5.97 Å². The molecule has 0 amide bonds. The van der Waals surface area contributed by atoms with E-state index in [1.807, 2.05) is 0 Å². The standard InChI is InChI=1S/C8H7N3O3/c1-13-8(12)6-2-5(10-11-6)7-3-14-4-9-7/h2-4H,1H3,(H,10,11). The van der Waals surface area contributed by atoms with Gasteiger partial charge in [-0.05, 0) is 0 Å². The van der Waals surface area contributed by atoms with Crippen molar-refractivity contribution in [2.24, 2.45) is 0 Å². The van der Waals surface area contributed by atoms with Crippen molar-refractivity contribution in [1.29, 1.82) is 0 Å². The number of aromatic amines is 1. The molecule has 2 rings (SSSR count). The molecule has 1 N–H and O–H groups in total. The van der Waals surface area contributed by atoms with Crippen LogP contribution >= 0.6 is 0 Å². The first-order valence-electron chi connectivity index (χ1n) is 3.83. The van der Waals surface area contributed by atoms with Crippen molar-refractivity contribution in [3.63, 3.8) is 0 Å². The number of hydrogen-bond donors (Lipinski definition) is 1. The normalized spacial score (nSPS) is 10.1. The van der Waals surface area contributed by atoms with E-state index in [0.29, 0.717) is 11.4 Å². The van der Waals surface area contributed by atoms with Gasteiger partial charge in [0.2, 0.25) is 0 Å². The molecular formula is C8H7N3O3. The Morgan fingerprint density at radius 1 is 1.57 bits per heavy atom. The van der Waals surface area contributed by atoms with Gasteiger partial charge in [0.05, 0.1) is 7.11 Å². The van der Waals surface area contributed by atoms with Crippen molar-refractivity contribution in [2.75, 3.05) is 7.11 Å². The van der Waals surface area contributed by atoms with E-state index < -0.39 is 5.97 Å². The topological polar surface area (TPSA) is 81.0 Å². The lowest BCUT2D eigenvalue weighted by atomic mass is 10.3. The highest BCUT2D eigenvalue weighted by Gasteiger charge is 2.11. The third-order valence-electron chi connectivity index (χ3n) is 1.68. The molecule has 72 valence electrons. The second-order valence-corrected chi connectivity index (χ2v) is 2.53. The highest BCUT2D eigenvalue weighted by molar-refractivity contribution is 5.88. The van der Waals surface area contributed by atoms with Crippen molar-refractivity contribution in [2.45, 2.75) is 0 Å². The first-order chi connectivity index (χ1) is 6.81. The van der Waals surface area contributed by atoms with Crippen LogP contribution in [0.15, 0.2) is 23.1 Å². The first kappa shape index (κ1) is 8.49. The lowest BCUT2D eigenvalue weighted by Gasteiger charge is -1.90. The molecule has 2 aromatic rings. The SMILES string of the molecule is COC(=O)c1cc(-c2cocn2)n[nH]1. The van der Waals surface area contributed by atoms with Crippen LogP contribution in [0.4, 0.5) is 0 Å².